The van der Waals surface area contributed by atoms with Gasteiger partial charge in [0.05, 0.1) is 4.90 Å². The number of rotatable bonds is 5. The Hall–Kier alpha value is -1.34. The quantitative estimate of drug-likeness (QED) is 0.837. The van der Waals surface area contributed by atoms with Crippen molar-refractivity contribution in [1.82, 2.24) is 9.29 Å². The molecular formula is C11H16N2O4S. The number of aromatic nitrogens is 1. The molecule has 1 aromatic heterocycles. The van der Waals surface area contributed by atoms with Crippen LogP contribution >= 0.6 is 0 Å². The van der Waals surface area contributed by atoms with Crippen molar-refractivity contribution in [2.24, 2.45) is 0 Å². The third-order valence-corrected chi connectivity index (χ3v) is 5.09. The van der Waals surface area contributed by atoms with Gasteiger partial charge in [-0.05, 0) is 18.9 Å². The van der Waals surface area contributed by atoms with Crippen LogP contribution in [0.3, 0.4) is 0 Å². The largest absolute Gasteiger partial charge is 0.480 e. The summed E-state index contributed by atoms with van der Waals surface area (Å²) in [5.41, 5.74) is 0. The number of carboxylic acid groups (broad SMARTS) is 1. The lowest BCUT2D eigenvalue weighted by Crippen LogP contribution is -2.42. The molecule has 1 aromatic rings. The van der Waals surface area contributed by atoms with Crippen LogP contribution in [0, 0.1) is 0 Å². The lowest BCUT2D eigenvalue weighted by atomic mass is 10.2. The molecule has 0 aliphatic heterocycles. The van der Waals surface area contributed by atoms with E-state index in [0.29, 0.717) is 0 Å². The van der Waals surface area contributed by atoms with Gasteiger partial charge in [-0.15, -0.1) is 0 Å². The molecule has 0 aromatic carbocycles. The molecule has 1 aliphatic carbocycles. The van der Waals surface area contributed by atoms with Gasteiger partial charge in [0.1, 0.15) is 6.54 Å². The van der Waals surface area contributed by atoms with Crippen molar-refractivity contribution < 1.29 is 18.3 Å². The SMILES string of the molecule is O=C(O)CN(C1CCCC1)S(=O)(=O)c1cc[nH]c1. The van der Waals surface area contributed by atoms with Crippen LogP contribution in [0.2, 0.25) is 0 Å². The summed E-state index contributed by atoms with van der Waals surface area (Å²) >= 11 is 0. The molecule has 0 bridgehead atoms. The number of sulfonamides is 1. The maximum atomic E-state index is 12.4. The highest BCUT2D eigenvalue weighted by atomic mass is 32.2. The first-order chi connectivity index (χ1) is 8.51. The van der Waals surface area contributed by atoms with Crippen LogP contribution in [0.25, 0.3) is 0 Å². The van der Waals surface area contributed by atoms with E-state index in [4.69, 9.17) is 5.11 Å². The van der Waals surface area contributed by atoms with Crippen LogP contribution in [0.5, 0.6) is 0 Å². The molecule has 0 amide bonds. The molecule has 7 heteroatoms. The normalized spacial score (nSPS) is 17.4. The van der Waals surface area contributed by atoms with Gasteiger partial charge in [-0.2, -0.15) is 4.31 Å². The Kier molecular flexibility index (Phi) is 3.72. The van der Waals surface area contributed by atoms with Crippen molar-refractivity contribution in [2.45, 2.75) is 36.6 Å². The summed E-state index contributed by atoms with van der Waals surface area (Å²) in [6.45, 7) is -0.474. The number of H-pyrrole nitrogens is 1. The average molecular weight is 272 g/mol. The summed E-state index contributed by atoms with van der Waals surface area (Å²) in [4.78, 5) is 13.7. The third kappa shape index (κ3) is 2.56. The van der Waals surface area contributed by atoms with E-state index in [2.05, 4.69) is 4.98 Å². The van der Waals surface area contributed by atoms with Gasteiger partial charge in [0.25, 0.3) is 0 Å². The first-order valence-electron chi connectivity index (χ1n) is 5.88. The van der Waals surface area contributed by atoms with Crippen LogP contribution in [0.1, 0.15) is 25.7 Å². The van der Waals surface area contributed by atoms with Gasteiger partial charge in [0.15, 0.2) is 0 Å². The number of hydrogen-bond donors (Lipinski definition) is 2. The van der Waals surface area contributed by atoms with E-state index >= 15 is 0 Å². The van der Waals surface area contributed by atoms with Crippen molar-refractivity contribution in [3.05, 3.63) is 18.5 Å². The van der Waals surface area contributed by atoms with E-state index in [-0.39, 0.29) is 10.9 Å². The average Bonchev–Trinajstić information content (AvgIpc) is 2.98. The molecule has 1 aliphatic rings. The number of carbonyl (C=O) groups is 1. The molecule has 1 heterocycles. The Morgan fingerprint density at radius 1 is 1.44 bits per heavy atom. The number of hydrogen-bond acceptors (Lipinski definition) is 3. The highest BCUT2D eigenvalue weighted by Crippen LogP contribution is 2.28. The van der Waals surface area contributed by atoms with E-state index in [1.165, 1.54) is 18.5 Å². The molecule has 2 N–H and O–H groups in total. The fourth-order valence-corrected chi connectivity index (χ4v) is 3.95. The molecule has 0 radical (unpaired) electrons. The highest BCUT2D eigenvalue weighted by molar-refractivity contribution is 7.89. The Balaban J connectivity index is 2.30. The Morgan fingerprint density at radius 3 is 2.61 bits per heavy atom. The van der Waals surface area contributed by atoms with E-state index in [1.54, 1.807) is 0 Å². The van der Waals surface area contributed by atoms with Gasteiger partial charge in [-0.25, -0.2) is 8.42 Å². The summed E-state index contributed by atoms with van der Waals surface area (Å²) in [6, 6.07) is 1.25. The van der Waals surface area contributed by atoms with Crippen LogP contribution < -0.4 is 0 Å². The second kappa shape index (κ2) is 5.11. The zero-order valence-electron chi connectivity index (χ0n) is 9.87. The standard InChI is InChI=1S/C11H16N2O4S/c14-11(15)8-13(9-3-1-2-4-9)18(16,17)10-5-6-12-7-10/h5-7,9,12H,1-4,8H2,(H,14,15). The lowest BCUT2D eigenvalue weighted by Gasteiger charge is -2.25. The molecule has 18 heavy (non-hydrogen) atoms. The Bertz CT molecular complexity index is 503. The van der Waals surface area contributed by atoms with Crippen LogP contribution in [-0.2, 0) is 14.8 Å². The van der Waals surface area contributed by atoms with E-state index in [0.717, 1.165) is 30.0 Å². The van der Waals surface area contributed by atoms with Crippen molar-refractivity contribution >= 4 is 16.0 Å². The molecule has 0 spiro atoms. The molecular weight excluding hydrogens is 256 g/mol. The van der Waals surface area contributed by atoms with E-state index in [9.17, 15) is 13.2 Å². The van der Waals surface area contributed by atoms with Crippen molar-refractivity contribution in [1.29, 1.82) is 0 Å². The predicted octanol–water partition coefficient (Wildman–Crippen LogP) is 1.03. The number of carboxylic acids is 1. The third-order valence-electron chi connectivity index (χ3n) is 3.20. The van der Waals surface area contributed by atoms with Gasteiger partial charge < -0.3 is 10.1 Å². The summed E-state index contributed by atoms with van der Waals surface area (Å²) in [5.74, 6) is -1.12. The molecule has 1 saturated carbocycles. The fraction of sp³-hybridized carbons (Fsp3) is 0.545. The zero-order valence-corrected chi connectivity index (χ0v) is 10.7. The molecule has 0 unspecified atom stereocenters. The molecule has 1 fully saturated rings. The van der Waals surface area contributed by atoms with E-state index < -0.39 is 22.5 Å². The van der Waals surface area contributed by atoms with Crippen LogP contribution in [-0.4, -0.2) is 41.4 Å². The fourth-order valence-electron chi connectivity index (χ4n) is 2.34. The Morgan fingerprint density at radius 2 is 2.11 bits per heavy atom. The maximum absolute atomic E-state index is 12.4. The minimum Gasteiger partial charge on any atom is -0.480 e. The topological polar surface area (TPSA) is 90.5 Å². The molecule has 2 rings (SSSR count). The first-order valence-corrected chi connectivity index (χ1v) is 7.32. The van der Waals surface area contributed by atoms with Gasteiger partial charge >= 0.3 is 5.97 Å². The molecule has 0 atom stereocenters. The van der Waals surface area contributed by atoms with Crippen molar-refractivity contribution in [2.75, 3.05) is 6.54 Å². The second-order valence-electron chi connectivity index (χ2n) is 4.43. The Labute approximate surface area is 106 Å². The summed E-state index contributed by atoms with van der Waals surface area (Å²) in [7, 11) is -3.71. The van der Waals surface area contributed by atoms with Crippen LogP contribution in [0.4, 0.5) is 0 Å². The van der Waals surface area contributed by atoms with Gasteiger partial charge in [0.2, 0.25) is 10.0 Å². The van der Waals surface area contributed by atoms with Crippen molar-refractivity contribution in [3.63, 3.8) is 0 Å². The summed E-state index contributed by atoms with van der Waals surface area (Å²) < 4.78 is 25.8. The summed E-state index contributed by atoms with van der Waals surface area (Å²) in [5, 5.41) is 8.89. The van der Waals surface area contributed by atoms with E-state index in [1.807, 2.05) is 0 Å². The minimum absolute atomic E-state index is 0.121. The van der Waals surface area contributed by atoms with Crippen molar-refractivity contribution in [3.8, 4) is 0 Å². The number of aliphatic carboxylic acids is 1. The molecule has 0 saturated heterocycles. The molecule has 100 valence electrons. The zero-order chi connectivity index (χ0) is 13.2. The monoisotopic (exact) mass is 272 g/mol. The first kappa shape index (κ1) is 13.1. The lowest BCUT2D eigenvalue weighted by molar-refractivity contribution is -0.137. The maximum Gasteiger partial charge on any atom is 0.318 e. The summed E-state index contributed by atoms with van der Waals surface area (Å²) in [6.07, 6.45) is 6.25. The van der Waals surface area contributed by atoms with Crippen LogP contribution in [0.15, 0.2) is 23.4 Å². The van der Waals surface area contributed by atoms with Gasteiger partial charge in [0, 0.05) is 18.4 Å². The number of aromatic amines is 1. The predicted molar refractivity (Wildman–Crippen MR) is 64.6 cm³/mol. The minimum atomic E-state index is -3.71. The molecule has 6 nitrogen and oxygen atoms in total. The highest BCUT2D eigenvalue weighted by Gasteiger charge is 2.34. The van der Waals surface area contributed by atoms with Gasteiger partial charge in [-0.1, -0.05) is 12.8 Å². The number of nitrogens with zero attached hydrogens (tertiary/aromatic N) is 1. The number of nitrogens with one attached hydrogen (secondary N) is 1. The smallest absolute Gasteiger partial charge is 0.318 e. The van der Waals surface area contributed by atoms with Gasteiger partial charge in [-0.3, -0.25) is 4.79 Å². The second-order valence-corrected chi connectivity index (χ2v) is 6.32.